The summed E-state index contributed by atoms with van der Waals surface area (Å²) in [5.41, 5.74) is 0. The van der Waals surface area contributed by atoms with E-state index in [1.54, 1.807) is 0 Å². The smallest absolute Gasteiger partial charge is 0.309 e. The minimum Gasteiger partial charge on any atom is -0.394 e. The minimum absolute atomic E-state index is 0.202. The number of aliphatic hydroxyl groups excluding tert-OH is 2. The largest absolute Gasteiger partial charge is 0.394 e. The number of aliphatic hydroxyl groups is 2. The average Bonchev–Trinajstić information content (AvgIpc) is 2.35. The van der Waals surface area contributed by atoms with E-state index in [2.05, 4.69) is 10.6 Å². The zero-order valence-corrected chi connectivity index (χ0v) is 12.8. The normalized spacial score (nSPS) is 14.2. The van der Waals surface area contributed by atoms with Crippen LogP contribution in [0.2, 0.25) is 0 Å². The zero-order valence-electron chi connectivity index (χ0n) is 12.8. The van der Waals surface area contributed by atoms with E-state index < -0.39 is 23.9 Å². The maximum absolute atomic E-state index is 11.7. The summed E-state index contributed by atoms with van der Waals surface area (Å²) in [7, 11) is 0. The summed E-state index contributed by atoms with van der Waals surface area (Å²) in [6.45, 7) is 7.48. The fourth-order valence-electron chi connectivity index (χ4n) is 2.00. The molecule has 2 amide bonds. The highest BCUT2D eigenvalue weighted by atomic mass is 16.3. The van der Waals surface area contributed by atoms with Crippen LogP contribution in [0, 0.1) is 11.8 Å². The number of rotatable bonds is 8. The summed E-state index contributed by atoms with van der Waals surface area (Å²) in [5, 5.41) is 23.3. The Labute approximate surface area is 120 Å². The van der Waals surface area contributed by atoms with Gasteiger partial charge in [0, 0.05) is 0 Å². The van der Waals surface area contributed by atoms with Gasteiger partial charge in [-0.2, -0.15) is 0 Å². The molecule has 118 valence electrons. The van der Waals surface area contributed by atoms with E-state index in [0.29, 0.717) is 24.7 Å². The molecule has 0 rings (SSSR count). The molecule has 0 saturated heterocycles. The average molecular weight is 288 g/mol. The van der Waals surface area contributed by atoms with Crippen LogP contribution in [0.25, 0.3) is 0 Å². The molecule has 0 bridgehead atoms. The molecule has 4 N–H and O–H groups in total. The highest BCUT2D eigenvalue weighted by molar-refractivity contribution is 6.35. The lowest BCUT2D eigenvalue weighted by molar-refractivity contribution is -0.140. The standard InChI is InChI=1S/C14H28N2O4/c1-9(2)5-11(7-17)15-13(19)14(20)16-12(8-18)6-10(3)4/h9-12,17-18H,5-8H2,1-4H3,(H,15,19)(H,16,20). The molecule has 0 aliphatic rings. The number of hydrogen-bond acceptors (Lipinski definition) is 4. The fraction of sp³-hybridized carbons (Fsp3) is 0.857. The molecule has 0 aliphatic carbocycles. The molecular formula is C14H28N2O4. The number of carbonyl (C=O) groups is 2. The van der Waals surface area contributed by atoms with Crippen molar-refractivity contribution in [2.45, 2.75) is 52.6 Å². The number of amides is 2. The van der Waals surface area contributed by atoms with E-state index in [9.17, 15) is 9.59 Å². The minimum atomic E-state index is -0.771. The van der Waals surface area contributed by atoms with Crippen LogP contribution in [-0.2, 0) is 9.59 Å². The van der Waals surface area contributed by atoms with Crippen molar-refractivity contribution in [3.05, 3.63) is 0 Å². The fourth-order valence-corrected chi connectivity index (χ4v) is 2.00. The van der Waals surface area contributed by atoms with Gasteiger partial charge in [0.05, 0.1) is 25.3 Å². The third kappa shape index (κ3) is 8.12. The van der Waals surface area contributed by atoms with E-state index in [4.69, 9.17) is 10.2 Å². The predicted molar refractivity (Wildman–Crippen MR) is 76.9 cm³/mol. The van der Waals surface area contributed by atoms with Gasteiger partial charge in [0.2, 0.25) is 0 Å². The molecule has 0 radical (unpaired) electrons. The van der Waals surface area contributed by atoms with Crippen LogP contribution < -0.4 is 10.6 Å². The molecule has 0 aliphatic heterocycles. The van der Waals surface area contributed by atoms with Crippen LogP contribution in [-0.4, -0.2) is 47.3 Å². The lowest BCUT2D eigenvalue weighted by atomic mass is 10.0. The van der Waals surface area contributed by atoms with Gasteiger partial charge < -0.3 is 20.8 Å². The molecule has 0 aromatic heterocycles. The third-order valence-electron chi connectivity index (χ3n) is 2.83. The lowest BCUT2D eigenvalue weighted by Crippen LogP contribution is -2.50. The van der Waals surface area contributed by atoms with Crippen molar-refractivity contribution in [3.63, 3.8) is 0 Å². The van der Waals surface area contributed by atoms with Crippen LogP contribution in [0.15, 0.2) is 0 Å². The Morgan fingerprint density at radius 3 is 1.30 bits per heavy atom. The second-order valence-corrected chi connectivity index (χ2v) is 5.97. The van der Waals surface area contributed by atoms with E-state index >= 15 is 0 Å². The molecule has 0 spiro atoms. The second-order valence-electron chi connectivity index (χ2n) is 5.97. The Hall–Kier alpha value is -1.14. The highest BCUT2D eigenvalue weighted by Gasteiger charge is 2.21. The SMILES string of the molecule is CC(C)CC(CO)NC(=O)C(=O)NC(CO)CC(C)C. The summed E-state index contributed by atoms with van der Waals surface area (Å²) >= 11 is 0. The number of nitrogens with one attached hydrogen (secondary N) is 2. The van der Waals surface area contributed by atoms with E-state index in [-0.39, 0.29) is 13.2 Å². The maximum atomic E-state index is 11.7. The quantitative estimate of drug-likeness (QED) is 0.474. The van der Waals surface area contributed by atoms with Crippen LogP contribution in [0.5, 0.6) is 0 Å². The molecule has 20 heavy (non-hydrogen) atoms. The molecule has 2 atom stereocenters. The van der Waals surface area contributed by atoms with Crippen molar-refractivity contribution in [2.75, 3.05) is 13.2 Å². The summed E-state index contributed by atoms with van der Waals surface area (Å²) in [6.07, 6.45) is 1.20. The van der Waals surface area contributed by atoms with Gasteiger partial charge in [0.25, 0.3) is 0 Å². The summed E-state index contributed by atoms with van der Waals surface area (Å²) in [5.74, 6) is -0.929. The summed E-state index contributed by atoms with van der Waals surface area (Å²) < 4.78 is 0. The molecule has 6 nitrogen and oxygen atoms in total. The van der Waals surface area contributed by atoms with Gasteiger partial charge in [-0.25, -0.2) is 0 Å². The third-order valence-corrected chi connectivity index (χ3v) is 2.83. The molecule has 0 aromatic rings. The maximum Gasteiger partial charge on any atom is 0.309 e. The van der Waals surface area contributed by atoms with E-state index in [1.165, 1.54) is 0 Å². The van der Waals surface area contributed by atoms with Gasteiger partial charge in [-0.05, 0) is 24.7 Å². The molecule has 6 heteroatoms. The zero-order chi connectivity index (χ0) is 15.7. The second kappa shape index (κ2) is 9.72. The Morgan fingerprint density at radius 1 is 0.800 bits per heavy atom. The molecule has 0 saturated carbocycles. The van der Waals surface area contributed by atoms with Gasteiger partial charge >= 0.3 is 11.8 Å². The topological polar surface area (TPSA) is 98.7 Å². The van der Waals surface area contributed by atoms with Crippen molar-refractivity contribution >= 4 is 11.8 Å². The molecule has 0 heterocycles. The van der Waals surface area contributed by atoms with Gasteiger partial charge in [-0.15, -0.1) is 0 Å². The highest BCUT2D eigenvalue weighted by Crippen LogP contribution is 2.05. The molecular weight excluding hydrogens is 260 g/mol. The van der Waals surface area contributed by atoms with Crippen molar-refractivity contribution < 1.29 is 19.8 Å². The van der Waals surface area contributed by atoms with Crippen LogP contribution >= 0.6 is 0 Å². The van der Waals surface area contributed by atoms with Crippen molar-refractivity contribution in [3.8, 4) is 0 Å². The Kier molecular flexibility index (Phi) is 9.16. The van der Waals surface area contributed by atoms with Crippen LogP contribution in [0.4, 0.5) is 0 Å². The van der Waals surface area contributed by atoms with E-state index in [0.717, 1.165) is 0 Å². The molecule has 0 fully saturated rings. The summed E-state index contributed by atoms with van der Waals surface area (Å²) in [4.78, 5) is 23.4. The number of hydrogen-bond donors (Lipinski definition) is 4. The Balaban J connectivity index is 4.35. The van der Waals surface area contributed by atoms with Gasteiger partial charge in [-0.1, -0.05) is 27.7 Å². The first-order valence-electron chi connectivity index (χ1n) is 7.13. The first kappa shape index (κ1) is 18.9. The predicted octanol–water partition coefficient (Wildman–Crippen LogP) is 0.0328. The van der Waals surface area contributed by atoms with Gasteiger partial charge in [-0.3, -0.25) is 9.59 Å². The monoisotopic (exact) mass is 288 g/mol. The lowest BCUT2D eigenvalue weighted by Gasteiger charge is -2.20. The van der Waals surface area contributed by atoms with Crippen molar-refractivity contribution in [1.29, 1.82) is 0 Å². The Bertz CT molecular complexity index is 276. The van der Waals surface area contributed by atoms with Crippen molar-refractivity contribution in [1.82, 2.24) is 10.6 Å². The summed E-state index contributed by atoms with van der Waals surface area (Å²) in [6, 6.07) is -0.850. The molecule has 2 unspecified atom stereocenters. The van der Waals surface area contributed by atoms with Gasteiger partial charge in [0.1, 0.15) is 0 Å². The van der Waals surface area contributed by atoms with Crippen LogP contribution in [0.3, 0.4) is 0 Å². The van der Waals surface area contributed by atoms with Gasteiger partial charge in [0.15, 0.2) is 0 Å². The number of carbonyl (C=O) groups excluding carboxylic acids is 2. The van der Waals surface area contributed by atoms with Crippen molar-refractivity contribution in [2.24, 2.45) is 11.8 Å². The first-order chi connectivity index (χ1) is 9.29. The van der Waals surface area contributed by atoms with Crippen LogP contribution in [0.1, 0.15) is 40.5 Å². The molecule has 0 aromatic carbocycles. The Morgan fingerprint density at radius 2 is 1.10 bits per heavy atom. The first-order valence-corrected chi connectivity index (χ1v) is 7.13. The van der Waals surface area contributed by atoms with E-state index in [1.807, 2.05) is 27.7 Å².